The standard InChI is InChI=1S/C9H11N3O/c1-7(9(13)12-10-2)8-4-3-5-11-6-8/h3-7H,2H2,1H3,(H,12,13). The molecule has 1 atom stereocenters. The van der Waals surface area contributed by atoms with Crippen molar-refractivity contribution in [1.29, 1.82) is 0 Å². The molecule has 1 aromatic heterocycles. The van der Waals surface area contributed by atoms with Crippen molar-refractivity contribution in [1.82, 2.24) is 10.4 Å². The van der Waals surface area contributed by atoms with Crippen LogP contribution in [0.4, 0.5) is 0 Å². The molecule has 0 aliphatic heterocycles. The van der Waals surface area contributed by atoms with E-state index in [9.17, 15) is 4.79 Å². The van der Waals surface area contributed by atoms with E-state index in [1.165, 1.54) is 0 Å². The highest BCUT2D eigenvalue weighted by atomic mass is 16.2. The van der Waals surface area contributed by atoms with Gasteiger partial charge in [-0.15, -0.1) is 0 Å². The Morgan fingerprint density at radius 2 is 2.54 bits per heavy atom. The summed E-state index contributed by atoms with van der Waals surface area (Å²) in [5.74, 6) is -0.429. The molecule has 68 valence electrons. The van der Waals surface area contributed by atoms with E-state index in [0.717, 1.165) is 5.56 Å². The first-order chi connectivity index (χ1) is 6.25. The Morgan fingerprint density at radius 1 is 1.77 bits per heavy atom. The second-order valence-electron chi connectivity index (χ2n) is 2.64. The summed E-state index contributed by atoms with van der Waals surface area (Å²) >= 11 is 0. The van der Waals surface area contributed by atoms with E-state index >= 15 is 0 Å². The third-order valence-corrected chi connectivity index (χ3v) is 1.77. The third-order valence-electron chi connectivity index (χ3n) is 1.77. The molecule has 1 rings (SSSR count). The van der Waals surface area contributed by atoms with Gasteiger partial charge in [-0.05, 0) is 18.6 Å². The van der Waals surface area contributed by atoms with Gasteiger partial charge >= 0.3 is 0 Å². The van der Waals surface area contributed by atoms with Crippen LogP contribution in [0.1, 0.15) is 18.4 Å². The number of carbonyl (C=O) groups is 1. The lowest BCUT2D eigenvalue weighted by Crippen LogP contribution is -2.22. The van der Waals surface area contributed by atoms with E-state index in [1.54, 1.807) is 25.4 Å². The van der Waals surface area contributed by atoms with E-state index in [1.807, 2.05) is 6.07 Å². The van der Waals surface area contributed by atoms with Crippen LogP contribution in [0, 0.1) is 0 Å². The molecule has 1 amide bonds. The fourth-order valence-electron chi connectivity index (χ4n) is 0.958. The Bertz CT molecular complexity index is 297. The van der Waals surface area contributed by atoms with Crippen LogP contribution in [0.5, 0.6) is 0 Å². The lowest BCUT2D eigenvalue weighted by Gasteiger charge is -2.08. The fourth-order valence-corrected chi connectivity index (χ4v) is 0.958. The minimum atomic E-state index is -0.251. The number of amides is 1. The number of aromatic nitrogens is 1. The molecule has 4 nitrogen and oxygen atoms in total. The minimum absolute atomic E-state index is 0.178. The maximum atomic E-state index is 11.3. The summed E-state index contributed by atoms with van der Waals surface area (Å²) in [6.07, 6.45) is 3.33. The number of hydrazone groups is 1. The zero-order valence-corrected chi connectivity index (χ0v) is 7.40. The second kappa shape index (κ2) is 4.35. The van der Waals surface area contributed by atoms with Crippen molar-refractivity contribution in [2.45, 2.75) is 12.8 Å². The molecule has 0 spiro atoms. The topological polar surface area (TPSA) is 54.4 Å². The summed E-state index contributed by atoms with van der Waals surface area (Å²) < 4.78 is 0. The SMILES string of the molecule is C=NNC(=O)C(C)c1cccnc1. The molecule has 0 radical (unpaired) electrons. The molecular formula is C9H11N3O. The first kappa shape index (κ1) is 9.38. The summed E-state index contributed by atoms with van der Waals surface area (Å²) in [7, 11) is 0. The van der Waals surface area contributed by atoms with E-state index in [-0.39, 0.29) is 11.8 Å². The van der Waals surface area contributed by atoms with Gasteiger partial charge in [-0.1, -0.05) is 6.07 Å². The molecule has 0 bridgehead atoms. The van der Waals surface area contributed by atoms with Crippen molar-refractivity contribution in [2.75, 3.05) is 0 Å². The molecule has 1 unspecified atom stereocenters. The van der Waals surface area contributed by atoms with Gasteiger partial charge in [0.1, 0.15) is 0 Å². The molecule has 4 heteroatoms. The van der Waals surface area contributed by atoms with Crippen molar-refractivity contribution in [3.8, 4) is 0 Å². The van der Waals surface area contributed by atoms with Gasteiger partial charge < -0.3 is 0 Å². The zero-order valence-electron chi connectivity index (χ0n) is 7.40. The van der Waals surface area contributed by atoms with Crippen LogP contribution in [-0.4, -0.2) is 17.6 Å². The van der Waals surface area contributed by atoms with E-state index in [0.29, 0.717) is 0 Å². The van der Waals surface area contributed by atoms with Gasteiger partial charge in [-0.2, -0.15) is 5.10 Å². The van der Waals surface area contributed by atoms with Gasteiger partial charge in [-0.25, -0.2) is 5.43 Å². The summed E-state index contributed by atoms with van der Waals surface area (Å²) in [5, 5.41) is 3.31. The predicted octanol–water partition coefficient (Wildman–Crippen LogP) is 0.917. The molecule has 13 heavy (non-hydrogen) atoms. The minimum Gasteiger partial charge on any atom is -0.272 e. The fraction of sp³-hybridized carbons (Fsp3) is 0.222. The van der Waals surface area contributed by atoms with Crippen LogP contribution in [0.15, 0.2) is 29.6 Å². The number of pyridine rings is 1. The number of hydrogen-bond donors (Lipinski definition) is 1. The summed E-state index contributed by atoms with van der Waals surface area (Å²) in [6.45, 7) is 4.97. The molecule has 1 aromatic rings. The van der Waals surface area contributed by atoms with Crippen molar-refractivity contribution in [3.05, 3.63) is 30.1 Å². The van der Waals surface area contributed by atoms with Gasteiger partial charge in [0, 0.05) is 19.1 Å². The Kier molecular flexibility index (Phi) is 3.14. The summed E-state index contributed by atoms with van der Waals surface area (Å²) in [4.78, 5) is 15.2. The van der Waals surface area contributed by atoms with Crippen molar-refractivity contribution in [2.24, 2.45) is 5.10 Å². The molecule has 0 fully saturated rings. The van der Waals surface area contributed by atoms with Gasteiger partial charge in [0.2, 0.25) is 5.91 Å². The number of nitrogens with one attached hydrogen (secondary N) is 1. The van der Waals surface area contributed by atoms with Crippen LogP contribution in [0.25, 0.3) is 0 Å². The molecule has 1 N–H and O–H groups in total. The Morgan fingerprint density at radius 3 is 3.08 bits per heavy atom. The highest BCUT2D eigenvalue weighted by molar-refractivity contribution is 5.82. The van der Waals surface area contributed by atoms with Gasteiger partial charge in [0.05, 0.1) is 5.92 Å². The van der Waals surface area contributed by atoms with Crippen molar-refractivity contribution in [3.63, 3.8) is 0 Å². The molecule has 0 aliphatic carbocycles. The first-order valence-corrected chi connectivity index (χ1v) is 3.91. The van der Waals surface area contributed by atoms with Crippen LogP contribution in [-0.2, 0) is 4.79 Å². The number of carbonyl (C=O) groups excluding carboxylic acids is 1. The molecule has 0 saturated carbocycles. The number of rotatable bonds is 3. The van der Waals surface area contributed by atoms with Crippen LogP contribution in [0.3, 0.4) is 0 Å². The van der Waals surface area contributed by atoms with Crippen molar-refractivity contribution >= 4 is 12.6 Å². The average molecular weight is 177 g/mol. The maximum Gasteiger partial charge on any atom is 0.247 e. The van der Waals surface area contributed by atoms with Gasteiger partial charge in [0.15, 0.2) is 0 Å². The molecule has 0 aliphatic rings. The smallest absolute Gasteiger partial charge is 0.247 e. The molecule has 0 aromatic carbocycles. The predicted molar refractivity (Wildman–Crippen MR) is 50.3 cm³/mol. The third kappa shape index (κ3) is 2.37. The normalized spacial score (nSPS) is 11.8. The van der Waals surface area contributed by atoms with Crippen molar-refractivity contribution < 1.29 is 4.79 Å². The highest BCUT2D eigenvalue weighted by Crippen LogP contribution is 2.12. The number of nitrogens with zero attached hydrogens (tertiary/aromatic N) is 2. The lowest BCUT2D eigenvalue weighted by atomic mass is 10.0. The van der Waals surface area contributed by atoms with E-state index < -0.39 is 0 Å². The van der Waals surface area contributed by atoms with Crippen LogP contribution in [0.2, 0.25) is 0 Å². The first-order valence-electron chi connectivity index (χ1n) is 3.91. The second-order valence-corrected chi connectivity index (χ2v) is 2.64. The van der Waals surface area contributed by atoms with E-state index in [4.69, 9.17) is 0 Å². The molecular weight excluding hydrogens is 166 g/mol. The van der Waals surface area contributed by atoms with Crippen LogP contribution < -0.4 is 5.43 Å². The Hall–Kier alpha value is -1.71. The lowest BCUT2D eigenvalue weighted by molar-refractivity contribution is -0.122. The van der Waals surface area contributed by atoms with Gasteiger partial charge in [-0.3, -0.25) is 9.78 Å². The monoisotopic (exact) mass is 177 g/mol. The van der Waals surface area contributed by atoms with Crippen LogP contribution >= 0.6 is 0 Å². The van der Waals surface area contributed by atoms with Gasteiger partial charge in [0.25, 0.3) is 0 Å². The highest BCUT2D eigenvalue weighted by Gasteiger charge is 2.13. The quantitative estimate of drug-likeness (QED) is 0.551. The zero-order chi connectivity index (χ0) is 9.68. The largest absolute Gasteiger partial charge is 0.272 e. The summed E-state index contributed by atoms with van der Waals surface area (Å²) in [5.41, 5.74) is 3.16. The number of hydrogen-bond acceptors (Lipinski definition) is 3. The maximum absolute atomic E-state index is 11.3. The summed E-state index contributed by atoms with van der Waals surface area (Å²) in [6, 6.07) is 3.64. The molecule has 1 heterocycles. The molecule has 0 saturated heterocycles. The Balaban J connectivity index is 2.73. The van der Waals surface area contributed by atoms with E-state index in [2.05, 4.69) is 22.2 Å². The Labute approximate surface area is 76.7 Å². The average Bonchev–Trinajstić information content (AvgIpc) is 2.18.